The minimum atomic E-state index is -0.464. The molecule has 0 radical (unpaired) electrons. The van der Waals surface area contributed by atoms with Gasteiger partial charge in [0.2, 0.25) is 5.91 Å². The first kappa shape index (κ1) is 19.2. The lowest BCUT2D eigenvalue weighted by molar-refractivity contribution is -0.131. The van der Waals surface area contributed by atoms with Crippen LogP contribution in [0, 0.1) is 14.9 Å². The average molecular weight is 449 g/mol. The highest BCUT2D eigenvalue weighted by molar-refractivity contribution is 14.1. The molecule has 2 rings (SSSR count). The predicted molar refractivity (Wildman–Crippen MR) is 106 cm³/mol. The first-order valence-corrected chi connectivity index (χ1v) is 9.25. The summed E-state index contributed by atoms with van der Waals surface area (Å²) in [6, 6.07) is 13.1. The molecule has 0 heterocycles. The molecule has 0 aliphatic heterocycles. The Hall–Kier alpha value is -2.14. The van der Waals surface area contributed by atoms with Gasteiger partial charge in [0.25, 0.3) is 5.91 Å². The lowest BCUT2D eigenvalue weighted by Gasteiger charge is -2.25. The van der Waals surface area contributed by atoms with Gasteiger partial charge in [-0.25, -0.2) is 0 Å². The van der Waals surface area contributed by atoms with Gasteiger partial charge in [-0.1, -0.05) is 25.1 Å². The van der Waals surface area contributed by atoms with Gasteiger partial charge in [0, 0.05) is 15.7 Å². The van der Waals surface area contributed by atoms with E-state index in [1.165, 1.54) is 4.90 Å². The Labute approximate surface area is 161 Å². The van der Waals surface area contributed by atoms with Crippen molar-refractivity contribution in [2.75, 3.05) is 13.1 Å². The summed E-state index contributed by atoms with van der Waals surface area (Å²) < 4.78 is 1.10. The van der Waals surface area contributed by atoms with E-state index in [-0.39, 0.29) is 18.4 Å². The number of nitriles is 1. The molecule has 0 aliphatic carbocycles. The van der Waals surface area contributed by atoms with E-state index in [0.29, 0.717) is 18.5 Å². The van der Waals surface area contributed by atoms with Crippen molar-refractivity contribution in [3.8, 4) is 6.07 Å². The normalized spacial score (nSPS) is 11.6. The summed E-state index contributed by atoms with van der Waals surface area (Å²) in [6.45, 7) is 4.00. The number of carbonyl (C=O) groups excluding carboxylic acids is 2. The van der Waals surface area contributed by atoms with E-state index in [1.54, 1.807) is 6.07 Å². The predicted octanol–water partition coefficient (Wildman–Crippen LogP) is 3.32. The summed E-state index contributed by atoms with van der Waals surface area (Å²) >= 11 is 2.23. The molecule has 2 amide bonds. The molecule has 1 atom stereocenters. The van der Waals surface area contributed by atoms with Crippen LogP contribution in [0.25, 0.3) is 10.8 Å². The monoisotopic (exact) mass is 449 g/mol. The summed E-state index contributed by atoms with van der Waals surface area (Å²) in [5, 5.41) is 13.7. The van der Waals surface area contributed by atoms with Crippen molar-refractivity contribution in [1.82, 2.24) is 10.2 Å². The summed E-state index contributed by atoms with van der Waals surface area (Å²) in [7, 11) is 0. The van der Waals surface area contributed by atoms with Crippen molar-refractivity contribution in [2.45, 2.75) is 26.3 Å². The van der Waals surface area contributed by atoms with Crippen molar-refractivity contribution in [3.05, 3.63) is 45.5 Å². The number of rotatable bonds is 6. The van der Waals surface area contributed by atoms with Gasteiger partial charge in [-0.05, 0) is 64.9 Å². The van der Waals surface area contributed by atoms with Crippen molar-refractivity contribution < 1.29 is 9.59 Å². The van der Waals surface area contributed by atoms with Crippen LogP contribution in [0.5, 0.6) is 0 Å². The number of likely N-dealkylation sites (N-methyl/N-ethyl adjacent to an activating group) is 1. The number of nitrogens with one attached hydrogen (secondary N) is 1. The van der Waals surface area contributed by atoms with Crippen LogP contribution in [-0.2, 0) is 4.79 Å². The Bertz CT molecular complexity index is 829. The highest BCUT2D eigenvalue weighted by Crippen LogP contribution is 2.21. The van der Waals surface area contributed by atoms with Crippen LogP contribution >= 0.6 is 22.6 Å². The molecule has 2 aromatic rings. The maximum Gasteiger partial charge on any atom is 0.252 e. The molecule has 0 fully saturated rings. The Morgan fingerprint density at radius 2 is 2.04 bits per heavy atom. The van der Waals surface area contributed by atoms with Gasteiger partial charge < -0.3 is 10.2 Å². The zero-order chi connectivity index (χ0) is 18.4. The van der Waals surface area contributed by atoms with E-state index in [1.807, 2.05) is 44.2 Å². The minimum absolute atomic E-state index is 0.119. The number of benzene rings is 2. The second-order valence-electron chi connectivity index (χ2n) is 5.59. The van der Waals surface area contributed by atoms with Gasteiger partial charge in [0.1, 0.15) is 6.04 Å². The first-order valence-electron chi connectivity index (χ1n) is 8.17. The van der Waals surface area contributed by atoms with E-state index in [2.05, 4.69) is 34.0 Å². The lowest BCUT2D eigenvalue weighted by Crippen LogP contribution is -2.44. The van der Waals surface area contributed by atoms with Crippen LogP contribution in [0.4, 0.5) is 0 Å². The largest absolute Gasteiger partial charge is 0.343 e. The Kier molecular flexibility index (Phi) is 6.76. The van der Waals surface area contributed by atoms with Crippen molar-refractivity contribution in [2.24, 2.45) is 0 Å². The molecule has 0 aliphatic rings. The molecule has 25 heavy (non-hydrogen) atoms. The molecule has 6 heteroatoms. The second-order valence-corrected chi connectivity index (χ2v) is 6.83. The smallest absolute Gasteiger partial charge is 0.252 e. The van der Waals surface area contributed by atoms with E-state index in [0.717, 1.165) is 14.3 Å². The van der Waals surface area contributed by atoms with Gasteiger partial charge in [0.05, 0.1) is 12.6 Å². The van der Waals surface area contributed by atoms with Gasteiger partial charge in [-0.3, -0.25) is 9.59 Å². The summed E-state index contributed by atoms with van der Waals surface area (Å²) in [6.07, 6.45) is 0.561. The highest BCUT2D eigenvalue weighted by Gasteiger charge is 2.21. The van der Waals surface area contributed by atoms with Crippen LogP contribution in [-0.4, -0.2) is 35.8 Å². The van der Waals surface area contributed by atoms with Crippen LogP contribution in [0.1, 0.15) is 30.6 Å². The summed E-state index contributed by atoms with van der Waals surface area (Å²) in [5.41, 5.74) is 0.539. The third-order valence-electron chi connectivity index (χ3n) is 4.06. The lowest BCUT2D eigenvalue weighted by atomic mass is 10.0. The van der Waals surface area contributed by atoms with E-state index >= 15 is 0 Å². The molecule has 0 spiro atoms. The van der Waals surface area contributed by atoms with Gasteiger partial charge >= 0.3 is 0 Å². The molecule has 130 valence electrons. The quantitative estimate of drug-likeness (QED) is 0.688. The van der Waals surface area contributed by atoms with Crippen molar-refractivity contribution >= 4 is 45.2 Å². The molecule has 0 aromatic heterocycles. The topological polar surface area (TPSA) is 73.2 Å². The number of fused-ring (bicyclic) bond motifs is 1. The van der Waals surface area contributed by atoms with Crippen LogP contribution in [0.15, 0.2) is 36.4 Å². The van der Waals surface area contributed by atoms with E-state index < -0.39 is 6.04 Å². The molecule has 5 nitrogen and oxygen atoms in total. The molecule has 0 unspecified atom stereocenters. The Balaban J connectivity index is 2.13. The third kappa shape index (κ3) is 4.48. The number of amides is 2. The maximum atomic E-state index is 12.5. The standard InChI is InChI=1S/C19H20IN3O2/c1-3-15(11-21)23(4-2)18(24)12-22-19(25)17-7-5-6-13-10-14(20)8-9-16(13)17/h5-10,15H,3-4,12H2,1-2H3,(H,22,25)/t15-/m0/s1. The van der Waals surface area contributed by atoms with Crippen LogP contribution in [0.2, 0.25) is 0 Å². The fourth-order valence-corrected chi connectivity index (χ4v) is 3.27. The highest BCUT2D eigenvalue weighted by atomic mass is 127. The zero-order valence-corrected chi connectivity index (χ0v) is 16.4. The zero-order valence-electron chi connectivity index (χ0n) is 14.3. The molecule has 0 saturated carbocycles. The molecular formula is C19H20IN3O2. The maximum absolute atomic E-state index is 12.5. The second kappa shape index (κ2) is 8.81. The SMILES string of the molecule is CC[C@@H](C#N)N(CC)C(=O)CNC(=O)c1cccc2cc(I)ccc12. The minimum Gasteiger partial charge on any atom is -0.343 e. The summed E-state index contributed by atoms with van der Waals surface area (Å²) in [4.78, 5) is 26.3. The fourth-order valence-electron chi connectivity index (χ4n) is 2.76. The van der Waals surface area contributed by atoms with Crippen LogP contribution in [0.3, 0.4) is 0 Å². The van der Waals surface area contributed by atoms with Gasteiger partial charge in [-0.15, -0.1) is 0 Å². The first-order chi connectivity index (χ1) is 12.0. The van der Waals surface area contributed by atoms with Crippen molar-refractivity contribution in [3.63, 3.8) is 0 Å². The fraction of sp³-hybridized carbons (Fsp3) is 0.316. The third-order valence-corrected chi connectivity index (χ3v) is 4.73. The average Bonchev–Trinajstić information content (AvgIpc) is 2.62. The molecular weight excluding hydrogens is 429 g/mol. The molecule has 0 saturated heterocycles. The summed E-state index contributed by atoms with van der Waals surface area (Å²) in [5.74, 6) is -0.541. The number of hydrogen-bond donors (Lipinski definition) is 1. The number of hydrogen-bond acceptors (Lipinski definition) is 3. The molecule has 1 N–H and O–H groups in total. The Morgan fingerprint density at radius 3 is 2.68 bits per heavy atom. The van der Waals surface area contributed by atoms with Crippen LogP contribution < -0.4 is 5.32 Å². The number of nitrogens with zero attached hydrogens (tertiary/aromatic N) is 2. The van der Waals surface area contributed by atoms with Crippen molar-refractivity contribution in [1.29, 1.82) is 5.26 Å². The van der Waals surface area contributed by atoms with E-state index in [9.17, 15) is 9.59 Å². The number of carbonyl (C=O) groups is 2. The van der Waals surface area contributed by atoms with Gasteiger partial charge in [0.15, 0.2) is 0 Å². The van der Waals surface area contributed by atoms with Gasteiger partial charge in [-0.2, -0.15) is 5.26 Å². The molecule has 0 bridgehead atoms. The Morgan fingerprint density at radius 1 is 1.28 bits per heavy atom. The number of halogens is 1. The molecule has 2 aromatic carbocycles. The van der Waals surface area contributed by atoms with E-state index in [4.69, 9.17) is 5.26 Å².